The molecule has 9 heteroatoms. The van der Waals surface area contributed by atoms with Crippen LogP contribution in [-0.2, 0) is 14.4 Å². The summed E-state index contributed by atoms with van der Waals surface area (Å²) >= 11 is 0. The number of benzene rings is 1. The highest BCUT2D eigenvalue weighted by atomic mass is 16.4. The van der Waals surface area contributed by atoms with Crippen molar-refractivity contribution in [2.75, 3.05) is 63.6 Å². The third-order valence-electron chi connectivity index (χ3n) is 4.13. The lowest BCUT2D eigenvalue weighted by molar-refractivity contribution is -0.159. The molecule has 27 heavy (non-hydrogen) atoms. The number of carboxylic acid groups (broad SMARTS) is 2. The summed E-state index contributed by atoms with van der Waals surface area (Å²) in [5, 5.41) is 17.8. The molecule has 150 valence electrons. The highest BCUT2D eigenvalue weighted by Gasteiger charge is 2.17. The molecular weight excluding hydrogens is 352 g/mol. The Kier molecular flexibility index (Phi) is 9.24. The van der Waals surface area contributed by atoms with Gasteiger partial charge in [-0.2, -0.15) is 0 Å². The van der Waals surface area contributed by atoms with E-state index >= 15 is 0 Å². The lowest BCUT2D eigenvalue weighted by atomic mass is 10.2. The van der Waals surface area contributed by atoms with Gasteiger partial charge in [0, 0.05) is 51.6 Å². The highest BCUT2D eigenvalue weighted by molar-refractivity contribution is 6.27. The first-order valence-corrected chi connectivity index (χ1v) is 8.71. The van der Waals surface area contributed by atoms with E-state index in [4.69, 9.17) is 19.8 Å². The number of piperazine rings is 1. The van der Waals surface area contributed by atoms with Gasteiger partial charge in [0.15, 0.2) is 0 Å². The van der Waals surface area contributed by atoms with Crippen molar-refractivity contribution >= 4 is 29.2 Å². The fourth-order valence-corrected chi connectivity index (χ4v) is 2.51. The summed E-state index contributed by atoms with van der Waals surface area (Å²) in [4.78, 5) is 36.9. The average Bonchev–Trinajstić information content (AvgIpc) is 2.63. The Morgan fingerprint density at radius 3 is 1.85 bits per heavy atom. The van der Waals surface area contributed by atoms with Crippen LogP contribution in [0.4, 0.5) is 11.4 Å². The molecule has 0 spiro atoms. The molecule has 1 saturated heterocycles. The van der Waals surface area contributed by atoms with Crippen LogP contribution in [-0.4, -0.2) is 91.2 Å². The quantitative estimate of drug-likeness (QED) is 0.633. The van der Waals surface area contributed by atoms with Crippen LogP contribution in [0.1, 0.15) is 6.92 Å². The van der Waals surface area contributed by atoms with Crippen molar-refractivity contribution in [3.63, 3.8) is 0 Å². The molecule has 1 aliphatic heterocycles. The first-order valence-electron chi connectivity index (χ1n) is 8.71. The van der Waals surface area contributed by atoms with Crippen LogP contribution >= 0.6 is 0 Å². The molecule has 1 fully saturated rings. The molecule has 9 nitrogen and oxygen atoms in total. The summed E-state index contributed by atoms with van der Waals surface area (Å²) in [5.74, 6) is -3.58. The lowest BCUT2D eigenvalue weighted by Crippen LogP contribution is -2.48. The van der Waals surface area contributed by atoms with Crippen LogP contribution in [0.3, 0.4) is 0 Å². The lowest BCUT2D eigenvalue weighted by Gasteiger charge is -2.33. The molecule has 0 radical (unpaired) electrons. The smallest absolute Gasteiger partial charge is 0.414 e. The van der Waals surface area contributed by atoms with Crippen LogP contribution in [0.5, 0.6) is 0 Å². The van der Waals surface area contributed by atoms with Gasteiger partial charge >= 0.3 is 11.9 Å². The number of rotatable bonds is 5. The standard InChI is InChI=1S/C16H26N4O.C2H2O4/c1-4-19-9-11-20(12-10-19)13-16(21)17-14-5-7-15(8-6-14)18(2)3;3-1(4)2(5)6/h5-8H,4,9-13H2,1-3H3,(H,17,21);(H,3,4)(H,5,6). The molecule has 0 aliphatic carbocycles. The van der Waals surface area contributed by atoms with Crippen LogP contribution < -0.4 is 10.2 Å². The summed E-state index contributed by atoms with van der Waals surface area (Å²) < 4.78 is 0. The second-order valence-electron chi connectivity index (χ2n) is 6.31. The van der Waals surface area contributed by atoms with Crippen molar-refractivity contribution in [3.05, 3.63) is 24.3 Å². The first-order chi connectivity index (χ1) is 12.7. The molecule has 1 aromatic rings. The van der Waals surface area contributed by atoms with E-state index in [9.17, 15) is 4.79 Å². The molecule has 3 N–H and O–H groups in total. The van der Waals surface area contributed by atoms with E-state index in [1.54, 1.807) is 0 Å². The number of anilines is 2. The van der Waals surface area contributed by atoms with Crippen molar-refractivity contribution in [1.82, 2.24) is 9.80 Å². The Morgan fingerprint density at radius 2 is 1.44 bits per heavy atom. The minimum absolute atomic E-state index is 0.0672. The molecule has 1 heterocycles. The number of carbonyl (C=O) groups excluding carboxylic acids is 1. The molecule has 0 aromatic heterocycles. The zero-order valence-corrected chi connectivity index (χ0v) is 16.0. The van der Waals surface area contributed by atoms with Crippen molar-refractivity contribution in [1.29, 1.82) is 0 Å². The molecule has 1 aromatic carbocycles. The Balaban J connectivity index is 0.000000527. The van der Waals surface area contributed by atoms with Gasteiger partial charge in [0.2, 0.25) is 5.91 Å². The molecule has 0 atom stereocenters. The van der Waals surface area contributed by atoms with Gasteiger partial charge in [-0.25, -0.2) is 9.59 Å². The van der Waals surface area contributed by atoms with Gasteiger partial charge in [-0.05, 0) is 30.8 Å². The zero-order chi connectivity index (χ0) is 20.4. The van der Waals surface area contributed by atoms with Crippen LogP contribution in [0.2, 0.25) is 0 Å². The third-order valence-corrected chi connectivity index (χ3v) is 4.13. The number of nitrogens with one attached hydrogen (secondary N) is 1. The first kappa shape index (κ1) is 22.4. The van der Waals surface area contributed by atoms with E-state index < -0.39 is 11.9 Å². The molecule has 1 amide bonds. The van der Waals surface area contributed by atoms with Gasteiger partial charge in [0.25, 0.3) is 0 Å². The summed E-state index contributed by atoms with van der Waals surface area (Å²) in [6.07, 6.45) is 0. The number of aliphatic carboxylic acids is 2. The van der Waals surface area contributed by atoms with Crippen LogP contribution in [0.25, 0.3) is 0 Å². The Labute approximate surface area is 159 Å². The normalized spacial score (nSPS) is 14.6. The SMILES string of the molecule is CCN1CCN(CC(=O)Nc2ccc(N(C)C)cc2)CC1.O=C(O)C(=O)O. The second kappa shape index (κ2) is 11.1. The van der Waals surface area contributed by atoms with Gasteiger partial charge in [-0.3, -0.25) is 9.69 Å². The van der Waals surface area contributed by atoms with Crippen LogP contribution in [0.15, 0.2) is 24.3 Å². The number of hydrogen-bond acceptors (Lipinski definition) is 6. The largest absolute Gasteiger partial charge is 0.473 e. The van der Waals surface area contributed by atoms with E-state index in [-0.39, 0.29) is 5.91 Å². The van der Waals surface area contributed by atoms with Gasteiger partial charge in [-0.15, -0.1) is 0 Å². The van der Waals surface area contributed by atoms with E-state index in [1.807, 2.05) is 43.3 Å². The molecule has 0 saturated carbocycles. The maximum atomic E-state index is 12.1. The monoisotopic (exact) mass is 380 g/mol. The van der Waals surface area contributed by atoms with E-state index in [2.05, 4.69) is 22.0 Å². The molecule has 2 rings (SSSR count). The maximum Gasteiger partial charge on any atom is 0.414 e. The minimum atomic E-state index is -1.82. The van der Waals surface area contributed by atoms with E-state index in [1.165, 1.54) is 0 Å². The third kappa shape index (κ3) is 8.52. The summed E-state index contributed by atoms with van der Waals surface area (Å²) in [6, 6.07) is 7.91. The summed E-state index contributed by atoms with van der Waals surface area (Å²) in [7, 11) is 4.01. The predicted molar refractivity (Wildman–Crippen MR) is 103 cm³/mol. The maximum absolute atomic E-state index is 12.1. The van der Waals surface area contributed by atoms with Crippen molar-refractivity contribution in [3.8, 4) is 0 Å². The van der Waals surface area contributed by atoms with Gasteiger partial charge < -0.3 is 25.3 Å². The van der Waals surface area contributed by atoms with E-state index in [0.29, 0.717) is 6.54 Å². The fraction of sp³-hybridized carbons (Fsp3) is 0.500. The average molecular weight is 380 g/mol. The van der Waals surface area contributed by atoms with Crippen LogP contribution in [0, 0.1) is 0 Å². The number of likely N-dealkylation sites (N-methyl/N-ethyl adjacent to an activating group) is 1. The topological polar surface area (TPSA) is 113 Å². The van der Waals surface area contributed by atoms with Crippen molar-refractivity contribution in [2.24, 2.45) is 0 Å². The Bertz CT molecular complexity index is 613. The number of amides is 1. The van der Waals surface area contributed by atoms with Crippen molar-refractivity contribution < 1.29 is 24.6 Å². The second-order valence-corrected chi connectivity index (χ2v) is 6.31. The molecular formula is C18H28N4O5. The molecule has 0 unspecified atom stereocenters. The predicted octanol–water partition coefficient (Wildman–Crippen LogP) is 0.484. The molecule has 0 bridgehead atoms. The fourth-order valence-electron chi connectivity index (χ4n) is 2.51. The summed E-state index contributed by atoms with van der Waals surface area (Å²) in [5.41, 5.74) is 1.99. The highest BCUT2D eigenvalue weighted by Crippen LogP contribution is 2.15. The Morgan fingerprint density at radius 1 is 0.963 bits per heavy atom. The van der Waals surface area contributed by atoms with Gasteiger partial charge in [-0.1, -0.05) is 6.92 Å². The minimum Gasteiger partial charge on any atom is -0.473 e. The zero-order valence-electron chi connectivity index (χ0n) is 16.0. The van der Waals surface area contributed by atoms with Gasteiger partial charge in [0.1, 0.15) is 0 Å². The molecule has 1 aliphatic rings. The number of nitrogens with zero attached hydrogens (tertiary/aromatic N) is 3. The van der Waals surface area contributed by atoms with E-state index in [0.717, 1.165) is 44.1 Å². The number of carboxylic acids is 2. The Hall–Kier alpha value is -2.65. The summed E-state index contributed by atoms with van der Waals surface area (Å²) in [6.45, 7) is 7.81. The van der Waals surface area contributed by atoms with Gasteiger partial charge in [0.05, 0.1) is 6.54 Å². The number of hydrogen-bond donors (Lipinski definition) is 3. The van der Waals surface area contributed by atoms with Crippen molar-refractivity contribution in [2.45, 2.75) is 6.92 Å². The number of carbonyl (C=O) groups is 3.